The molecule has 1 amide bonds. The number of fused-ring (bicyclic) bond motifs is 1. The van der Waals surface area contributed by atoms with Gasteiger partial charge in [0, 0.05) is 19.7 Å². The van der Waals surface area contributed by atoms with Gasteiger partial charge in [0.15, 0.2) is 5.78 Å². The van der Waals surface area contributed by atoms with E-state index in [-0.39, 0.29) is 18.2 Å². The molecule has 3 aromatic rings. The molecule has 0 radical (unpaired) electrons. The van der Waals surface area contributed by atoms with Crippen LogP contribution in [0.1, 0.15) is 20.8 Å². The van der Waals surface area contributed by atoms with Gasteiger partial charge in [-0.15, -0.1) is 11.3 Å². The van der Waals surface area contributed by atoms with Crippen LogP contribution in [-0.4, -0.2) is 35.3 Å². The Hall–Kier alpha value is -2.40. The predicted octanol–water partition coefficient (Wildman–Crippen LogP) is 3.29. The van der Waals surface area contributed by atoms with E-state index in [9.17, 15) is 9.59 Å². The van der Waals surface area contributed by atoms with Gasteiger partial charge < -0.3 is 9.47 Å². The van der Waals surface area contributed by atoms with Crippen LogP contribution in [0.3, 0.4) is 0 Å². The summed E-state index contributed by atoms with van der Waals surface area (Å²) < 4.78 is 2.83. The molecule has 0 N–H and O–H groups in total. The number of carbonyl (C=O) groups is 2. The Balaban J connectivity index is 2.02. The lowest BCUT2D eigenvalue weighted by Crippen LogP contribution is -2.25. The van der Waals surface area contributed by atoms with Crippen molar-refractivity contribution in [2.75, 3.05) is 14.1 Å². The van der Waals surface area contributed by atoms with E-state index in [1.807, 2.05) is 40.3 Å². The lowest BCUT2D eigenvalue weighted by molar-refractivity contribution is 0.0816. The zero-order valence-corrected chi connectivity index (χ0v) is 13.3. The summed E-state index contributed by atoms with van der Waals surface area (Å²) >= 11 is 1.57. The fraction of sp³-hybridized carbons (Fsp3) is 0.176. The number of amides is 1. The molecule has 22 heavy (non-hydrogen) atoms. The summed E-state index contributed by atoms with van der Waals surface area (Å²) in [6, 6.07) is 13.0. The topological polar surface area (TPSA) is 42.3 Å². The number of aromatic nitrogens is 1. The SMILES string of the molecule is CN(C)C(=O)c1cc2sccc2n1CC(=O)c1ccccc1. The van der Waals surface area contributed by atoms with Crippen molar-refractivity contribution >= 4 is 33.2 Å². The van der Waals surface area contributed by atoms with E-state index < -0.39 is 0 Å². The Bertz CT molecular complexity index is 831. The van der Waals surface area contributed by atoms with E-state index >= 15 is 0 Å². The maximum absolute atomic E-state index is 12.5. The van der Waals surface area contributed by atoms with Gasteiger partial charge in [0.2, 0.25) is 0 Å². The number of ketones is 1. The van der Waals surface area contributed by atoms with Crippen molar-refractivity contribution in [3.05, 3.63) is 59.1 Å². The Morgan fingerprint density at radius 1 is 1.14 bits per heavy atom. The number of nitrogens with zero attached hydrogens (tertiary/aromatic N) is 2. The Labute approximate surface area is 132 Å². The molecule has 0 aliphatic carbocycles. The summed E-state index contributed by atoms with van der Waals surface area (Å²) in [5, 5.41) is 1.97. The summed E-state index contributed by atoms with van der Waals surface area (Å²) in [5.41, 5.74) is 2.14. The zero-order chi connectivity index (χ0) is 15.7. The molecule has 0 unspecified atom stereocenters. The van der Waals surface area contributed by atoms with Crippen molar-refractivity contribution in [3.8, 4) is 0 Å². The number of hydrogen-bond acceptors (Lipinski definition) is 3. The van der Waals surface area contributed by atoms with Crippen LogP contribution >= 0.6 is 11.3 Å². The number of hydrogen-bond donors (Lipinski definition) is 0. The number of rotatable bonds is 4. The van der Waals surface area contributed by atoms with Crippen molar-refractivity contribution in [3.63, 3.8) is 0 Å². The Morgan fingerprint density at radius 2 is 1.86 bits per heavy atom. The van der Waals surface area contributed by atoms with Crippen LogP contribution in [0.2, 0.25) is 0 Å². The smallest absolute Gasteiger partial charge is 0.270 e. The molecule has 4 nitrogen and oxygen atoms in total. The van der Waals surface area contributed by atoms with Gasteiger partial charge in [-0.25, -0.2) is 0 Å². The second-order valence-corrected chi connectivity index (χ2v) is 6.22. The average molecular weight is 312 g/mol. The largest absolute Gasteiger partial charge is 0.343 e. The van der Waals surface area contributed by atoms with Gasteiger partial charge in [-0.3, -0.25) is 9.59 Å². The third-order valence-electron chi connectivity index (χ3n) is 3.55. The predicted molar refractivity (Wildman–Crippen MR) is 88.6 cm³/mol. The van der Waals surface area contributed by atoms with Crippen molar-refractivity contribution < 1.29 is 9.59 Å². The molecule has 0 spiro atoms. The first-order valence-corrected chi connectivity index (χ1v) is 7.82. The highest BCUT2D eigenvalue weighted by Gasteiger charge is 2.20. The van der Waals surface area contributed by atoms with Crippen LogP contribution in [-0.2, 0) is 6.54 Å². The van der Waals surface area contributed by atoms with Crippen LogP contribution in [0.15, 0.2) is 47.8 Å². The van der Waals surface area contributed by atoms with Crippen molar-refractivity contribution in [2.24, 2.45) is 0 Å². The van der Waals surface area contributed by atoms with Crippen molar-refractivity contribution in [1.29, 1.82) is 0 Å². The van der Waals surface area contributed by atoms with Gasteiger partial charge in [-0.2, -0.15) is 0 Å². The summed E-state index contributed by atoms with van der Waals surface area (Å²) in [6.07, 6.45) is 0. The number of carbonyl (C=O) groups excluding carboxylic acids is 2. The first-order valence-electron chi connectivity index (χ1n) is 6.94. The van der Waals surface area contributed by atoms with Crippen LogP contribution in [0.5, 0.6) is 0 Å². The van der Waals surface area contributed by atoms with Gasteiger partial charge in [0.05, 0.1) is 16.8 Å². The molecule has 0 atom stereocenters. The highest BCUT2D eigenvalue weighted by molar-refractivity contribution is 7.17. The van der Waals surface area contributed by atoms with Crippen molar-refractivity contribution in [1.82, 2.24) is 9.47 Å². The highest BCUT2D eigenvalue weighted by atomic mass is 32.1. The molecule has 0 fully saturated rings. The van der Waals surface area contributed by atoms with E-state index in [1.165, 1.54) is 4.90 Å². The second-order valence-electron chi connectivity index (χ2n) is 5.27. The van der Waals surface area contributed by atoms with E-state index in [0.717, 1.165) is 10.2 Å². The van der Waals surface area contributed by atoms with Crippen LogP contribution < -0.4 is 0 Å². The Morgan fingerprint density at radius 3 is 2.55 bits per heavy atom. The molecule has 0 bridgehead atoms. The summed E-state index contributed by atoms with van der Waals surface area (Å²) in [6.45, 7) is 0.166. The van der Waals surface area contributed by atoms with Gasteiger partial charge >= 0.3 is 0 Å². The lowest BCUT2D eigenvalue weighted by Gasteiger charge is -2.13. The zero-order valence-electron chi connectivity index (χ0n) is 12.4. The Kier molecular flexibility index (Phi) is 3.81. The second kappa shape index (κ2) is 5.77. The van der Waals surface area contributed by atoms with E-state index in [1.54, 1.807) is 37.6 Å². The molecule has 3 rings (SSSR count). The number of Topliss-reactive ketones (excluding diaryl/α,β-unsaturated/α-hetero) is 1. The maximum Gasteiger partial charge on any atom is 0.270 e. The average Bonchev–Trinajstić information content (AvgIpc) is 3.10. The minimum absolute atomic E-state index is 0.00268. The summed E-state index contributed by atoms with van der Waals surface area (Å²) in [7, 11) is 3.43. The molecule has 0 aliphatic heterocycles. The lowest BCUT2D eigenvalue weighted by atomic mass is 10.1. The van der Waals surface area contributed by atoms with Gasteiger partial charge in [0.25, 0.3) is 5.91 Å². The van der Waals surface area contributed by atoms with E-state index in [4.69, 9.17) is 0 Å². The number of benzene rings is 1. The molecule has 2 aromatic heterocycles. The quantitative estimate of drug-likeness (QED) is 0.694. The first kappa shape index (κ1) is 14.5. The monoisotopic (exact) mass is 312 g/mol. The molecule has 0 saturated carbocycles. The molecular weight excluding hydrogens is 296 g/mol. The van der Waals surface area contributed by atoms with Gasteiger partial charge in [-0.1, -0.05) is 30.3 Å². The summed E-state index contributed by atoms with van der Waals surface area (Å²) in [4.78, 5) is 26.4. The molecule has 0 saturated heterocycles. The third kappa shape index (κ3) is 2.55. The molecule has 5 heteroatoms. The van der Waals surface area contributed by atoms with Crippen LogP contribution in [0.4, 0.5) is 0 Å². The fourth-order valence-corrected chi connectivity index (χ4v) is 3.23. The molecule has 112 valence electrons. The van der Waals surface area contributed by atoms with Crippen molar-refractivity contribution in [2.45, 2.75) is 6.54 Å². The van der Waals surface area contributed by atoms with Gasteiger partial charge in [0.1, 0.15) is 5.69 Å². The van der Waals surface area contributed by atoms with Crippen LogP contribution in [0, 0.1) is 0 Å². The van der Waals surface area contributed by atoms with Gasteiger partial charge in [-0.05, 0) is 17.5 Å². The minimum atomic E-state index is -0.0933. The highest BCUT2D eigenvalue weighted by Crippen LogP contribution is 2.26. The maximum atomic E-state index is 12.5. The third-order valence-corrected chi connectivity index (χ3v) is 4.40. The molecular formula is C17H16N2O2S. The van der Waals surface area contributed by atoms with Crippen LogP contribution in [0.25, 0.3) is 10.2 Å². The fourth-order valence-electron chi connectivity index (χ4n) is 2.41. The van der Waals surface area contributed by atoms with E-state index in [2.05, 4.69) is 0 Å². The normalized spacial score (nSPS) is 10.8. The van der Waals surface area contributed by atoms with E-state index in [0.29, 0.717) is 11.3 Å². The first-order chi connectivity index (χ1) is 10.6. The summed E-state index contributed by atoms with van der Waals surface area (Å²) in [5.74, 6) is -0.0960. The number of thiophene rings is 1. The minimum Gasteiger partial charge on any atom is -0.343 e. The molecule has 2 heterocycles. The molecule has 1 aromatic carbocycles. The standard InChI is InChI=1S/C17H16N2O2S/c1-18(2)17(21)14-10-16-13(8-9-22-16)19(14)11-15(20)12-6-4-3-5-7-12/h3-10H,11H2,1-2H3. The molecule has 0 aliphatic rings.